The minimum absolute atomic E-state index is 0.0315. The van der Waals surface area contributed by atoms with Crippen LogP contribution in [-0.4, -0.2) is 34.9 Å². The highest BCUT2D eigenvalue weighted by atomic mass is 16.3. The molecule has 0 bridgehead atoms. The summed E-state index contributed by atoms with van der Waals surface area (Å²) in [6, 6.07) is -0.526. The topological polar surface area (TPSA) is 69.6 Å². The molecule has 0 fully saturated rings. The largest absolute Gasteiger partial charge is 0.394 e. The lowest BCUT2D eigenvalue weighted by Crippen LogP contribution is -2.45. The zero-order valence-corrected chi connectivity index (χ0v) is 25.3. The van der Waals surface area contributed by atoms with E-state index in [2.05, 4.69) is 19.2 Å². The lowest BCUT2D eigenvalue weighted by atomic mass is 10.0. The quantitative estimate of drug-likeness (QED) is 0.0818. The Morgan fingerprint density at radius 1 is 0.541 bits per heavy atom. The first-order valence-electron chi connectivity index (χ1n) is 16.7. The molecule has 0 aromatic carbocycles. The minimum Gasteiger partial charge on any atom is -0.394 e. The van der Waals surface area contributed by atoms with E-state index in [0.29, 0.717) is 12.8 Å². The van der Waals surface area contributed by atoms with Crippen molar-refractivity contribution in [3.63, 3.8) is 0 Å². The van der Waals surface area contributed by atoms with E-state index in [1.54, 1.807) is 0 Å². The van der Waals surface area contributed by atoms with E-state index in [9.17, 15) is 15.0 Å². The van der Waals surface area contributed by atoms with Crippen LogP contribution in [0.3, 0.4) is 0 Å². The molecule has 0 spiro atoms. The van der Waals surface area contributed by atoms with Crippen molar-refractivity contribution >= 4 is 5.91 Å². The Kier molecular flexibility index (Phi) is 29.4. The van der Waals surface area contributed by atoms with Crippen molar-refractivity contribution in [3.05, 3.63) is 0 Å². The van der Waals surface area contributed by atoms with Crippen molar-refractivity contribution in [1.29, 1.82) is 0 Å². The van der Waals surface area contributed by atoms with Gasteiger partial charge in [-0.2, -0.15) is 0 Å². The number of rotatable bonds is 30. The van der Waals surface area contributed by atoms with E-state index < -0.39 is 12.1 Å². The van der Waals surface area contributed by atoms with Crippen molar-refractivity contribution < 1.29 is 15.0 Å². The predicted molar refractivity (Wildman–Crippen MR) is 161 cm³/mol. The van der Waals surface area contributed by atoms with Crippen molar-refractivity contribution in [1.82, 2.24) is 5.32 Å². The van der Waals surface area contributed by atoms with E-state index in [1.165, 1.54) is 135 Å². The molecule has 2 atom stereocenters. The fourth-order valence-electron chi connectivity index (χ4n) is 5.24. The van der Waals surface area contributed by atoms with Gasteiger partial charge < -0.3 is 15.5 Å². The molecule has 0 saturated heterocycles. The molecule has 4 nitrogen and oxygen atoms in total. The first kappa shape index (κ1) is 36.4. The number of carbonyl (C=O) groups excluding carboxylic acids is 1. The van der Waals surface area contributed by atoms with Gasteiger partial charge in [-0.15, -0.1) is 0 Å². The molecular formula is C33H67NO3. The molecule has 0 aliphatic carbocycles. The van der Waals surface area contributed by atoms with Crippen LogP contribution in [0.5, 0.6) is 0 Å². The summed E-state index contributed by atoms with van der Waals surface area (Å²) in [5.74, 6) is -0.0315. The van der Waals surface area contributed by atoms with Gasteiger partial charge in [-0.3, -0.25) is 4.79 Å². The van der Waals surface area contributed by atoms with Gasteiger partial charge in [-0.1, -0.05) is 168 Å². The maximum atomic E-state index is 12.3. The normalized spacial score (nSPS) is 13.1. The molecule has 0 saturated carbocycles. The second-order valence-corrected chi connectivity index (χ2v) is 11.6. The Balaban J connectivity index is 3.55. The average molecular weight is 526 g/mol. The summed E-state index contributed by atoms with van der Waals surface area (Å²) >= 11 is 0. The molecule has 0 aromatic heterocycles. The molecule has 0 aromatic rings. The Bertz CT molecular complexity index is 457. The first-order chi connectivity index (χ1) is 18.2. The Labute approximate surface area is 232 Å². The third-order valence-electron chi connectivity index (χ3n) is 7.87. The number of unbranched alkanes of at least 4 members (excludes halogenated alkanes) is 23. The second-order valence-electron chi connectivity index (χ2n) is 11.6. The summed E-state index contributed by atoms with van der Waals surface area (Å²) in [5, 5.41) is 22.9. The number of hydrogen-bond donors (Lipinski definition) is 3. The molecule has 1 amide bonds. The van der Waals surface area contributed by atoms with Crippen molar-refractivity contribution in [2.45, 2.75) is 199 Å². The molecule has 3 N–H and O–H groups in total. The van der Waals surface area contributed by atoms with E-state index in [1.807, 2.05) is 0 Å². The van der Waals surface area contributed by atoms with E-state index >= 15 is 0 Å². The Morgan fingerprint density at radius 3 is 1.22 bits per heavy atom. The predicted octanol–water partition coefficient (Wildman–Crippen LogP) is 9.40. The van der Waals surface area contributed by atoms with Gasteiger partial charge in [0, 0.05) is 6.42 Å². The number of nitrogens with one attached hydrogen (secondary N) is 1. The van der Waals surface area contributed by atoms with Crippen LogP contribution in [0.2, 0.25) is 0 Å². The maximum absolute atomic E-state index is 12.3. The van der Waals surface area contributed by atoms with Crippen LogP contribution in [0.15, 0.2) is 0 Å². The van der Waals surface area contributed by atoms with Gasteiger partial charge in [0.25, 0.3) is 0 Å². The monoisotopic (exact) mass is 526 g/mol. The first-order valence-corrected chi connectivity index (χ1v) is 16.7. The lowest BCUT2D eigenvalue weighted by Gasteiger charge is -2.22. The highest BCUT2D eigenvalue weighted by Crippen LogP contribution is 2.15. The average Bonchev–Trinajstić information content (AvgIpc) is 2.90. The number of carbonyl (C=O) groups is 1. The van der Waals surface area contributed by atoms with Crippen LogP contribution >= 0.6 is 0 Å². The van der Waals surface area contributed by atoms with Gasteiger partial charge in [0.05, 0.1) is 18.8 Å². The van der Waals surface area contributed by atoms with Gasteiger partial charge in [0.1, 0.15) is 0 Å². The van der Waals surface area contributed by atoms with Crippen LogP contribution < -0.4 is 5.32 Å². The van der Waals surface area contributed by atoms with Crippen LogP contribution in [0.1, 0.15) is 187 Å². The van der Waals surface area contributed by atoms with Crippen LogP contribution in [0.25, 0.3) is 0 Å². The van der Waals surface area contributed by atoms with Crippen LogP contribution in [0, 0.1) is 0 Å². The number of amides is 1. The van der Waals surface area contributed by atoms with Crippen molar-refractivity contribution in [2.24, 2.45) is 0 Å². The molecule has 37 heavy (non-hydrogen) atoms. The van der Waals surface area contributed by atoms with Gasteiger partial charge in [-0.25, -0.2) is 0 Å². The Hall–Kier alpha value is -0.610. The number of aliphatic hydroxyl groups excluding tert-OH is 2. The summed E-state index contributed by atoms with van der Waals surface area (Å²) in [6.07, 6.45) is 32.9. The van der Waals surface area contributed by atoms with Crippen LogP contribution in [-0.2, 0) is 4.79 Å². The zero-order valence-electron chi connectivity index (χ0n) is 25.3. The summed E-state index contributed by atoms with van der Waals surface area (Å²) in [6.45, 7) is 4.34. The lowest BCUT2D eigenvalue weighted by molar-refractivity contribution is -0.123. The molecule has 222 valence electrons. The third-order valence-corrected chi connectivity index (χ3v) is 7.87. The second kappa shape index (κ2) is 29.9. The SMILES string of the molecule is CCCCCCCCCCCCCCCCC(=O)N[C@@H](CO)[C@H](O)CCCCCCCCCCCCC. The molecule has 0 radical (unpaired) electrons. The molecule has 0 unspecified atom stereocenters. The van der Waals surface area contributed by atoms with Gasteiger partial charge >= 0.3 is 0 Å². The number of aliphatic hydroxyl groups is 2. The molecule has 0 heterocycles. The fraction of sp³-hybridized carbons (Fsp3) is 0.970. The van der Waals surface area contributed by atoms with Crippen molar-refractivity contribution in [3.8, 4) is 0 Å². The smallest absolute Gasteiger partial charge is 0.220 e. The minimum atomic E-state index is -0.649. The van der Waals surface area contributed by atoms with Gasteiger partial charge in [0.2, 0.25) is 5.91 Å². The molecule has 4 heteroatoms. The summed E-state index contributed by atoms with van der Waals surface area (Å²) in [4.78, 5) is 12.3. The molecular weight excluding hydrogens is 458 g/mol. The van der Waals surface area contributed by atoms with E-state index in [4.69, 9.17) is 0 Å². The zero-order chi connectivity index (χ0) is 27.2. The highest BCUT2D eigenvalue weighted by molar-refractivity contribution is 5.76. The van der Waals surface area contributed by atoms with E-state index in [0.717, 1.165) is 25.7 Å². The highest BCUT2D eigenvalue weighted by Gasteiger charge is 2.19. The summed E-state index contributed by atoms with van der Waals surface area (Å²) in [5.41, 5.74) is 0. The Morgan fingerprint density at radius 2 is 0.865 bits per heavy atom. The molecule has 0 aliphatic rings. The van der Waals surface area contributed by atoms with Gasteiger partial charge in [0.15, 0.2) is 0 Å². The maximum Gasteiger partial charge on any atom is 0.220 e. The summed E-state index contributed by atoms with van der Waals surface area (Å²) < 4.78 is 0. The number of hydrogen-bond acceptors (Lipinski definition) is 3. The summed E-state index contributed by atoms with van der Waals surface area (Å²) in [7, 11) is 0. The fourth-order valence-corrected chi connectivity index (χ4v) is 5.24. The third kappa shape index (κ3) is 26.8. The van der Waals surface area contributed by atoms with Crippen molar-refractivity contribution in [2.75, 3.05) is 6.61 Å². The van der Waals surface area contributed by atoms with Crippen LogP contribution in [0.4, 0.5) is 0 Å². The molecule has 0 rings (SSSR count). The standard InChI is InChI=1S/C33H67NO3/c1-3-5-7-9-11-13-15-16-17-19-21-23-25-27-29-33(37)34-31(30-35)32(36)28-26-24-22-20-18-14-12-10-8-6-4-2/h31-32,35-36H,3-30H2,1-2H3,(H,34,37)/t31-,32+/m0/s1. The molecule has 0 aliphatic heterocycles. The van der Waals surface area contributed by atoms with Gasteiger partial charge in [-0.05, 0) is 12.8 Å². The van der Waals surface area contributed by atoms with E-state index in [-0.39, 0.29) is 12.5 Å².